The topological polar surface area (TPSA) is 15.6 Å². The molecule has 2 nitrogen and oxygen atoms in total. The maximum atomic E-state index is 6.02. The summed E-state index contributed by atoms with van der Waals surface area (Å²) in [5, 5.41) is 0. The minimum atomic E-state index is -0.335. The molecule has 0 N–H and O–H groups in total. The number of halogens is 2. The van der Waals surface area contributed by atoms with Crippen LogP contribution in [-0.2, 0) is 6.54 Å². The van der Waals surface area contributed by atoms with Gasteiger partial charge in [-0.05, 0) is 5.56 Å². The SMILES string of the molecule is ClC1C=NC(Cl)N1Cc1ccccc1. The second-order valence-electron chi connectivity index (χ2n) is 3.14. The Morgan fingerprint density at radius 1 is 1.21 bits per heavy atom. The van der Waals surface area contributed by atoms with E-state index in [1.54, 1.807) is 6.21 Å². The zero-order valence-corrected chi connectivity index (χ0v) is 8.99. The molecule has 1 aromatic rings. The number of hydrogen-bond acceptors (Lipinski definition) is 2. The number of benzene rings is 1. The normalized spacial score (nSPS) is 27.0. The molecule has 74 valence electrons. The number of hydrogen-bond donors (Lipinski definition) is 0. The van der Waals surface area contributed by atoms with Crippen LogP contribution >= 0.6 is 23.2 Å². The van der Waals surface area contributed by atoms with Gasteiger partial charge in [-0.3, -0.25) is 4.99 Å². The van der Waals surface area contributed by atoms with Crippen LogP contribution in [0.5, 0.6) is 0 Å². The van der Waals surface area contributed by atoms with Crippen molar-refractivity contribution in [2.75, 3.05) is 0 Å². The Morgan fingerprint density at radius 2 is 1.93 bits per heavy atom. The minimum Gasteiger partial charge on any atom is -0.260 e. The van der Waals surface area contributed by atoms with E-state index in [1.807, 2.05) is 35.2 Å². The fourth-order valence-electron chi connectivity index (χ4n) is 1.39. The molecule has 4 heteroatoms. The number of aliphatic imine (C=N–C) groups is 1. The van der Waals surface area contributed by atoms with Crippen molar-refractivity contribution in [2.45, 2.75) is 17.7 Å². The molecule has 0 saturated heterocycles. The van der Waals surface area contributed by atoms with Gasteiger partial charge in [0, 0.05) is 12.8 Å². The monoisotopic (exact) mass is 228 g/mol. The Balaban J connectivity index is 2.05. The van der Waals surface area contributed by atoms with Crippen LogP contribution in [0.3, 0.4) is 0 Å². The van der Waals surface area contributed by atoms with E-state index < -0.39 is 0 Å². The van der Waals surface area contributed by atoms with E-state index in [-0.39, 0.29) is 11.1 Å². The lowest BCUT2D eigenvalue weighted by atomic mass is 10.2. The van der Waals surface area contributed by atoms with Crippen molar-refractivity contribution < 1.29 is 0 Å². The molecular weight excluding hydrogens is 219 g/mol. The van der Waals surface area contributed by atoms with Crippen LogP contribution in [0.25, 0.3) is 0 Å². The lowest BCUT2D eigenvalue weighted by Gasteiger charge is -2.21. The zero-order chi connectivity index (χ0) is 9.97. The summed E-state index contributed by atoms with van der Waals surface area (Å²) in [7, 11) is 0. The number of alkyl halides is 2. The summed E-state index contributed by atoms with van der Waals surface area (Å²) in [6, 6.07) is 10.1. The fourth-order valence-corrected chi connectivity index (χ4v) is 1.94. The average Bonchev–Trinajstić information content (AvgIpc) is 2.51. The van der Waals surface area contributed by atoms with Crippen LogP contribution < -0.4 is 0 Å². The molecule has 2 unspecified atom stereocenters. The smallest absolute Gasteiger partial charge is 0.179 e. The summed E-state index contributed by atoms with van der Waals surface area (Å²) in [5.41, 5.74) is 0.657. The maximum absolute atomic E-state index is 6.02. The van der Waals surface area contributed by atoms with Crippen molar-refractivity contribution in [1.82, 2.24) is 4.90 Å². The molecule has 0 aliphatic carbocycles. The molecule has 0 saturated carbocycles. The second kappa shape index (κ2) is 4.30. The van der Waals surface area contributed by atoms with Crippen molar-refractivity contribution in [2.24, 2.45) is 4.99 Å². The van der Waals surface area contributed by atoms with Crippen molar-refractivity contribution >= 4 is 29.4 Å². The van der Waals surface area contributed by atoms with E-state index in [0.717, 1.165) is 6.54 Å². The molecule has 0 amide bonds. The summed E-state index contributed by atoms with van der Waals surface area (Å²) >= 11 is 12.0. The third kappa shape index (κ3) is 2.08. The van der Waals surface area contributed by atoms with Crippen molar-refractivity contribution in [1.29, 1.82) is 0 Å². The van der Waals surface area contributed by atoms with Crippen molar-refractivity contribution in [3.8, 4) is 0 Å². The Bertz CT molecular complexity index is 314. The Labute approximate surface area is 93.1 Å². The lowest BCUT2D eigenvalue weighted by Crippen LogP contribution is -2.31. The van der Waals surface area contributed by atoms with Gasteiger partial charge >= 0.3 is 0 Å². The molecule has 0 aromatic heterocycles. The summed E-state index contributed by atoms with van der Waals surface area (Å²) in [5.74, 6) is 0. The molecule has 2 rings (SSSR count). The standard InChI is InChI=1S/C10H10Cl2N2/c11-9-6-13-10(12)14(9)7-8-4-2-1-3-5-8/h1-6,9-10H,7H2. The van der Waals surface area contributed by atoms with Crippen LogP contribution in [-0.4, -0.2) is 22.2 Å². The third-order valence-corrected chi connectivity index (χ3v) is 2.86. The molecule has 1 aliphatic rings. The highest BCUT2D eigenvalue weighted by atomic mass is 35.5. The van der Waals surface area contributed by atoms with Gasteiger partial charge < -0.3 is 0 Å². The van der Waals surface area contributed by atoms with Gasteiger partial charge in [0.25, 0.3) is 0 Å². The first-order chi connectivity index (χ1) is 6.77. The Morgan fingerprint density at radius 3 is 2.50 bits per heavy atom. The zero-order valence-electron chi connectivity index (χ0n) is 7.48. The lowest BCUT2D eigenvalue weighted by molar-refractivity contribution is 0.284. The maximum Gasteiger partial charge on any atom is 0.179 e. The van der Waals surface area contributed by atoms with Crippen LogP contribution in [0.1, 0.15) is 5.56 Å². The highest BCUT2D eigenvalue weighted by Gasteiger charge is 2.26. The number of rotatable bonds is 2. The molecule has 2 atom stereocenters. The van der Waals surface area contributed by atoms with Crippen molar-refractivity contribution in [3.05, 3.63) is 35.9 Å². The van der Waals surface area contributed by atoms with Gasteiger partial charge in [0.15, 0.2) is 5.62 Å². The van der Waals surface area contributed by atoms with Gasteiger partial charge in [-0.25, -0.2) is 4.90 Å². The van der Waals surface area contributed by atoms with E-state index in [9.17, 15) is 0 Å². The largest absolute Gasteiger partial charge is 0.260 e. The minimum absolute atomic E-state index is 0.197. The van der Waals surface area contributed by atoms with Gasteiger partial charge in [-0.2, -0.15) is 0 Å². The van der Waals surface area contributed by atoms with Gasteiger partial charge in [0.05, 0.1) is 0 Å². The highest BCUT2D eigenvalue weighted by molar-refractivity contribution is 6.30. The van der Waals surface area contributed by atoms with Crippen LogP contribution in [0.4, 0.5) is 0 Å². The summed E-state index contributed by atoms with van der Waals surface area (Å²) in [4.78, 5) is 5.94. The summed E-state index contributed by atoms with van der Waals surface area (Å²) in [6.07, 6.45) is 1.67. The molecule has 0 bridgehead atoms. The molecule has 14 heavy (non-hydrogen) atoms. The first-order valence-corrected chi connectivity index (χ1v) is 5.26. The predicted molar refractivity (Wildman–Crippen MR) is 59.8 cm³/mol. The Kier molecular flexibility index (Phi) is 3.06. The van der Waals surface area contributed by atoms with Gasteiger partial charge in [-0.15, -0.1) is 0 Å². The van der Waals surface area contributed by atoms with Crippen LogP contribution in [0.2, 0.25) is 0 Å². The van der Waals surface area contributed by atoms with E-state index >= 15 is 0 Å². The number of nitrogens with zero attached hydrogens (tertiary/aromatic N) is 2. The predicted octanol–water partition coefficient (Wildman–Crippen LogP) is 2.66. The third-order valence-electron chi connectivity index (χ3n) is 2.13. The van der Waals surface area contributed by atoms with E-state index in [1.165, 1.54) is 5.56 Å². The van der Waals surface area contributed by atoms with E-state index in [2.05, 4.69) is 4.99 Å². The quantitative estimate of drug-likeness (QED) is 0.562. The molecule has 1 aromatic carbocycles. The summed E-state index contributed by atoms with van der Waals surface area (Å²) < 4.78 is 0. The van der Waals surface area contributed by atoms with E-state index in [4.69, 9.17) is 23.2 Å². The van der Waals surface area contributed by atoms with Crippen molar-refractivity contribution in [3.63, 3.8) is 0 Å². The van der Waals surface area contributed by atoms with Crippen LogP contribution in [0, 0.1) is 0 Å². The fraction of sp³-hybridized carbons (Fsp3) is 0.300. The molecule has 1 heterocycles. The van der Waals surface area contributed by atoms with E-state index in [0.29, 0.717) is 0 Å². The molecular formula is C10H10Cl2N2. The van der Waals surface area contributed by atoms with Gasteiger partial charge in [0.2, 0.25) is 0 Å². The molecule has 0 fully saturated rings. The molecule has 0 radical (unpaired) electrons. The molecule has 0 spiro atoms. The van der Waals surface area contributed by atoms with Gasteiger partial charge in [0.1, 0.15) is 5.50 Å². The average molecular weight is 229 g/mol. The first kappa shape index (κ1) is 9.97. The first-order valence-electron chi connectivity index (χ1n) is 4.38. The van der Waals surface area contributed by atoms with Gasteiger partial charge in [-0.1, -0.05) is 53.5 Å². The molecule has 1 aliphatic heterocycles. The highest BCUT2D eigenvalue weighted by Crippen LogP contribution is 2.21. The second-order valence-corrected chi connectivity index (χ2v) is 3.98. The summed E-state index contributed by atoms with van der Waals surface area (Å²) in [6.45, 7) is 0.725. The Hall–Kier alpha value is -0.570. The van der Waals surface area contributed by atoms with Crippen LogP contribution in [0.15, 0.2) is 35.3 Å².